The minimum atomic E-state index is -0.388. The normalized spacial score (nSPS) is 10.8. The van der Waals surface area contributed by atoms with Crippen LogP contribution in [-0.2, 0) is 13.5 Å². The number of carbonyl (C=O) groups excluding carboxylic acids is 1. The van der Waals surface area contributed by atoms with E-state index in [1.807, 2.05) is 6.92 Å². The van der Waals surface area contributed by atoms with Gasteiger partial charge in [-0.25, -0.2) is 9.37 Å². The fraction of sp³-hybridized carbons (Fsp3) is 0.235. The zero-order valence-corrected chi connectivity index (χ0v) is 13.6. The smallest absolute Gasteiger partial charge is 0.278 e. The molecule has 1 amide bonds. The summed E-state index contributed by atoms with van der Waals surface area (Å²) in [6, 6.07) is 6.10. The van der Waals surface area contributed by atoms with Crippen molar-refractivity contribution in [3.8, 4) is 11.1 Å². The number of rotatable bonds is 4. The van der Waals surface area contributed by atoms with Gasteiger partial charge in [0, 0.05) is 19.5 Å². The molecular formula is C17H17FN4O2. The SMILES string of the molecule is CCc1nn(C)c(NC(=O)c2coc(C)n2)c1-c1ccc(F)cc1. The standard InChI is InChI=1S/C17H17FN4O2/c1-4-13-15(11-5-7-12(18)8-6-11)16(22(3)21-13)20-17(23)14-9-24-10(2)19-14/h5-9H,4H2,1-3H3,(H,20,23). The predicted octanol–water partition coefficient (Wildman–Crippen LogP) is 3.34. The Morgan fingerprint density at radius 2 is 2.04 bits per heavy atom. The number of aryl methyl sites for hydroxylation is 3. The zero-order chi connectivity index (χ0) is 17.3. The summed E-state index contributed by atoms with van der Waals surface area (Å²) >= 11 is 0. The highest BCUT2D eigenvalue weighted by atomic mass is 19.1. The fourth-order valence-corrected chi connectivity index (χ4v) is 2.53. The van der Waals surface area contributed by atoms with Gasteiger partial charge in [0.15, 0.2) is 11.6 Å². The number of carbonyl (C=O) groups is 1. The molecule has 0 aliphatic carbocycles. The largest absolute Gasteiger partial charge is 0.448 e. The minimum absolute atomic E-state index is 0.191. The maximum absolute atomic E-state index is 13.2. The Balaban J connectivity index is 2.02. The molecule has 0 saturated heterocycles. The fourth-order valence-electron chi connectivity index (χ4n) is 2.53. The third kappa shape index (κ3) is 2.92. The molecule has 0 fully saturated rings. The van der Waals surface area contributed by atoms with Crippen LogP contribution < -0.4 is 5.32 Å². The van der Waals surface area contributed by atoms with Crippen molar-refractivity contribution in [2.45, 2.75) is 20.3 Å². The molecule has 0 saturated carbocycles. The molecule has 0 aliphatic rings. The summed E-state index contributed by atoms with van der Waals surface area (Å²) in [6.07, 6.45) is 1.98. The number of oxazole rings is 1. The zero-order valence-electron chi connectivity index (χ0n) is 13.6. The first-order valence-corrected chi connectivity index (χ1v) is 7.55. The number of hydrogen-bond acceptors (Lipinski definition) is 4. The van der Waals surface area contributed by atoms with Crippen LogP contribution in [0, 0.1) is 12.7 Å². The second-order valence-electron chi connectivity index (χ2n) is 5.36. The summed E-state index contributed by atoms with van der Waals surface area (Å²) < 4.78 is 19.9. The van der Waals surface area contributed by atoms with E-state index >= 15 is 0 Å². The molecule has 3 aromatic rings. The quantitative estimate of drug-likeness (QED) is 0.797. The van der Waals surface area contributed by atoms with Crippen LogP contribution in [0.3, 0.4) is 0 Å². The average Bonchev–Trinajstić information content (AvgIpc) is 3.13. The van der Waals surface area contributed by atoms with Gasteiger partial charge in [0.25, 0.3) is 5.91 Å². The molecule has 2 aromatic heterocycles. The first-order chi connectivity index (χ1) is 11.5. The summed E-state index contributed by atoms with van der Waals surface area (Å²) in [5.74, 6) is 0.243. The van der Waals surface area contributed by atoms with Gasteiger partial charge >= 0.3 is 0 Å². The average molecular weight is 328 g/mol. The van der Waals surface area contributed by atoms with E-state index in [9.17, 15) is 9.18 Å². The first-order valence-electron chi connectivity index (χ1n) is 7.55. The van der Waals surface area contributed by atoms with E-state index in [1.165, 1.54) is 18.4 Å². The molecule has 24 heavy (non-hydrogen) atoms. The summed E-state index contributed by atoms with van der Waals surface area (Å²) in [7, 11) is 1.75. The third-order valence-corrected chi connectivity index (χ3v) is 3.67. The second-order valence-corrected chi connectivity index (χ2v) is 5.36. The van der Waals surface area contributed by atoms with Gasteiger partial charge in [-0.3, -0.25) is 9.48 Å². The number of halogens is 1. The Bertz CT molecular complexity index is 881. The van der Waals surface area contributed by atoms with Gasteiger partial charge in [0.1, 0.15) is 17.9 Å². The van der Waals surface area contributed by atoms with Crippen molar-refractivity contribution in [3.63, 3.8) is 0 Å². The summed E-state index contributed by atoms with van der Waals surface area (Å²) in [5.41, 5.74) is 2.56. The molecule has 124 valence electrons. The van der Waals surface area contributed by atoms with Crippen molar-refractivity contribution in [1.29, 1.82) is 0 Å². The molecule has 0 radical (unpaired) electrons. The van der Waals surface area contributed by atoms with Gasteiger partial charge in [-0.15, -0.1) is 0 Å². The molecule has 3 rings (SSSR count). The van der Waals surface area contributed by atoms with E-state index in [0.717, 1.165) is 16.8 Å². The molecule has 0 bridgehead atoms. The van der Waals surface area contributed by atoms with E-state index in [1.54, 1.807) is 30.8 Å². The highest BCUT2D eigenvalue weighted by Crippen LogP contribution is 2.32. The van der Waals surface area contributed by atoms with Crippen molar-refractivity contribution >= 4 is 11.7 Å². The highest BCUT2D eigenvalue weighted by molar-refractivity contribution is 6.04. The van der Waals surface area contributed by atoms with Crippen molar-refractivity contribution in [2.75, 3.05) is 5.32 Å². The van der Waals surface area contributed by atoms with Crippen LogP contribution in [0.25, 0.3) is 11.1 Å². The van der Waals surface area contributed by atoms with Crippen LogP contribution in [-0.4, -0.2) is 20.7 Å². The van der Waals surface area contributed by atoms with Crippen molar-refractivity contribution in [3.05, 3.63) is 53.6 Å². The molecular weight excluding hydrogens is 311 g/mol. The number of hydrogen-bond donors (Lipinski definition) is 1. The van der Waals surface area contributed by atoms with Crippen LogP contribution in [0.5, 0.6) is 0 Å². The summed E-state index contributed by atoms with van der Waals surface area (Å²) in [5, 5.41) is 7.27. The summed E-state index contributed by atoms with van der Waals surface area (Å²) in [6.45, 7) is 3.64. The molecule has 0 atom stereocenters. The minimum Gasteiger partial charge on any atom is -0.448 e. The lowest BCUT2D eigenvalue weighted by Crippen LogP contribution is -2.15. The molecule has 0 unspecified atom stereocenters. The Morgan fingerprint density at radius 1 is 1.33 bits per heavy atom. The van der Waals surface area contributed by atoms with E-state index in [0.29, 0.717) is 18.1 Å². The topological polar surface area (TPSA) is 73.0 Å². The van der Waals surface area contributed by atoms with E-state index < -0.39 is 0 Å². The van der Waals surface area contributed by atoms with Crippen LogP contribution >= 0.6 is 0 Å². The molecule has 1 aromatic carbocycles. The van der Waals surface area contributed by atoms with Crippen LogP contribution in [0.1, 0.15) is 29.0 Å². The molecule has 0 aliphatic heterocycles. The van der Waals surface area contributed by atoms with Crippen molar-refractivity contribution < 1.29 is 13.6 Å². The van der Waals surface area contributed by atoms with Gasteiger partial charge in [-0.1, -0.05) is 19.1 Å². The van der Waals surface area contributed by atoms with E-state index in [4.69, 9.17) is 4.42 Å². The summed E-state index contributed by atoms with van der Waals surface area (Å²) in [4.78, 5) is 16.4. The van der Waals surface area contributed by atoms with E-state index in [-0.39, 0.29) is 17.4 Å². The number of amides is 1. The molecule has 6 nitrogen and oxygen atoms in total. The molecule has 2 heterocycles. The first kappa shape index (κ1) is 15.9. The molecule has 7 heteroatoms. The number of anilines is 1. The second kappa shape index (κ2) is 6.27. The van der Waals surface area contributed by atoms with Gasteiger partial charge < -0.3 is 9.73 Å². The lowest BCUT2D eigenvalue weighted by atomic mass is 10.0. The Hall–Kier alpha value is -2.96. The Kier molecular flexibility index (Phi) is 4.16. The number of aromatic nitrogens is 3. The third-order valence-electron chi connectivity index (χ3n) is 3.67. The number of benzene rings is 1. The Morgan fingerprint density at radius 3 is 2.62 bits per heavy atom. The van der Waals surface area contributed by atoms with Gasteiger partial charge in [0.05, 0.1) is 5.69 Å². The Labute approximate surface area is 138 Å². The lowest BCUT2D eigenvalue weighted by molar-refractivity contribution is 0.102. The molecule has 1 N–H and O–H groups in total. The maximum atomic E-state index is 13.2. The van der Waals surface area contributed by atoms with Gasteiger partial charge in [0.2, 0.25) is 0 Å². The van der Waals surface area contributed by atoms with Crippen LogP contribution in [0.4, 0.5) is 10.2 Å². The van der Waals surface area contributed by atoms with Gasteiger partial charge in [-0.05, 0) is 24.1 Å². The van der Waals surface area contributed by atoms with Crippen molar-refractivity contribution in [1.82, 2.24) is 14.8 Å². The monoisotopic (exact) mass is 328 g/mol. The number of nitrogens with one attached hydrogen (secondary N) is 1. The molecule has 0 spiro atoms. The van der Waals surface area contributed by atoms with E-state index in [2.05, 4.69) is 15.4 Å². The van der Waals surface area contributed by atoms with Crippen molar-refractivity contribution in [2.24, 2.45) is 7.05 Å². The predicted molar refractivity (Wildman–Crippen MR) is 87.2 cm³/mol. The lowest BCUT2D eigenvalue weighted by Gasteiger charge is -2.08. The highest BCUT2D eigenvalue weighted by Gasteiger charge is 2.20. The van der Waals surface area contributed by atoms with Crippen LogP contribution in [0.2, 0.25) is 0 Å². The van der Waals surface area contributed by atoms with Crippen LogP contribution in [0.15, 0.2) is 34.9 Å². The maximum Gasteiger partial charge on any atom is 0.278 e. The van der Waals surface area contributed by atoms with Gasteiger partial charge in [-0.2, -0.15) is 5.10 Å². The number of nitrogens with zero attached hydrogens (tertiary/aromatic N) is 3.